The van der Waals surface area contributed by atoms with Crippen LogP contribution in [0.25, 0.3) is 0 Å². The van der Waals surface area contributed by atoms with Crippen LogP contribution in [-0.2, 0) is 6.54 Å². The Balaban J connectivity index is 2.01. The molecule has 0 saturated carbocycles. The molecule has 0 radical (unpaired) electrons. The molecule has 1 N–H and O–H groups in total. The van der Waals surface area contributed by atoms with E-state index in [1.165, 1.54) is 6.07 Å². The third kappa shape index (κ3) is 4.46. The van der Waals surface area contributed by atoms with Crippen LogP contribution >= 0.6 is 15.9 Å². The van der Waals surface area contributed by atoms with Crippen LogP contribution in [0, 0.1) is 12.7 Å². The average molecular weight is 352 g/mol. The highest BCUT2D eigenvalue weighted by atomic mass is 79.9. The molecule has 0 heterocycles. The third-order valence-corrected chi connectivity index (χ3v) is 3.65. The molecule has 0 aliphatic carbocycles. The predicted octanol–water partition coefficient (Wildman–Crippen LogP) is 5.30. The lowest BCUT2D eigenvalue weighted by Gasteiger charge is -2.12. The van der Waals surface area contributed by atoms with Crippen LogP contribution in [0.1, 0.15) is 25.0 Å². The van der Waals surface area contributed by atoms with Crippen molar-refractivity contribution < 1.29 is 9.13 Å². The summed E-state index contributed by atoms with van der Waals surface area (Å²) in [6.07, 6.45) is 0.174. The van der Waals surface area contributed by atoms with Gasteiger partial charge >= 0.3 is 0 Å². The van der Waals surface area contributed by atoms with E-state index in [2.05, 4.69) is 21.2 Å². The summed E-state index contributed by atoms with van der Waals surface area (Å²) < 4.78 is 19.5. The highest BCUT2D eigenvalue weighted by Gasteiger charge is 2.05. The second kappa shape index (κ2) is 6.94. The van der Waals surface area contributed by atoms with E-state index >= 15 is 0 Å². The largest absolute Gasteiger partial charge is 0.491 e. The first-order chi connectivity index (χ1) is 9.95. The molecule has 0 aromatic heterocycles. The standard InChI is InChI=1S/C17H19BrFNO/c1-11(2)21-14-6-4-13(5-7-14)10-20-17-9-15(18)16(19)8-12(17)3/h4-9,11,20H,10H2,1-3H3. The lowest BCUT2D eigenvalue weighted by atomic mass is 10.1. The molecular formula is C17H19BrFNO. The molecule has 0 aliphatic heterocycles. The van der Waals surface area contributed by atoms with Crippen molar-refractivity contribution in [1.82, 2.24) is 0 Å². The number of aryl methyl sites for hydroxylation is 1. The molecule has 0 spiro atoms. The van der Waals surface area contributed by atoms with Gasteiger partial charge in [-0.15, -0.1) is 0 Å². The number of halogens is 2. The average Bonchev–Trinajstić information content (AvgIpc) is 2.42. The Labute approximate surface area is 133 Å². The van der Waals surface area contributed by atoms with Crippen molar-refractivity contribution in [2.45, 2.75) is 33.4 Å². The third-order valence-electron chi connectivity index (χ3n) is 3.05. The molecule has 2 rings (SSSR count). The normalized spacial score (nSPS) is 10.8. The Morgan fingerprint density at radius 2 is 1.86 bits per heavy atom. The van der Waals surface area contributed by atoms with E-state index in [0.717, 1.165) is 22.6 Å². The van der Waals surface area contributed by atoms with Gasteiger partial charge in [0.05, 0.1) is 10.6 Å². The van der Waals surface area contributed by atoms with Gasteiger partial charge in [0.25, 0.3) is 0 Å². The molecule has 0 saturated heterocycles. The number of anilines is 1. The molecule has 21 heavy (non-hydrogen) atoms. The number of nitrogens with one attached hydrogen (secondary N) is 1. The minimum Gasteiger partial charge on any atom is -0.491 e. The Morgan fingerprint density at radius 1 is 1.19 bits per heavy atom. The zero-order valence-corrected chi connectivity index (χ0v) is 14.0. The van der Waals surface area contributed by atoms with Crippen molar-refractivity contribution in [3.05, 3.63) is 57.8 Å². The molecule has 0 amide bonds. The topological polar surface area (TPSA) is 21.3 Å². The molecule has 2 aromatic carbocycles. The Kier molecular flexibility index (Phi) is 5.23. The Hall–Kier alpha value is -1.55. The van der Waals surface area contributed by atoms with E-state index in [1.807, 2.05) is 45.0 Å². The molecule has 2 nitrogen and oxygen atoms in total. The summed E-state index contributed by atoms with van der Waals surface area (Å²) in [5, 5.41) is 3.32. The van der Waals surface area contributed by atoms with Crippen LogP contribution in [0.4, 0.5) is 10.1 Å². The molecule has 0 unspecified atom stereocenters. The van der Waals surface area contributed by atoms with Crippen LogP contribution in [0.15, 0.2) is 40.9 Å². The molecular weight excluding hydrogens is 333 g/mol. The highest BCUT2D eigenvalue weighted by molar-refractivity contribution is 9.10. The highest BCUT2D eigenvalue weighted by Crippen LogP contribution is 2.25. The van der Waals surface area contributed by atoms with Gasteiger partial charge in [0.15, 0.2) is 0 Å². The van der Waals surface area contributed by atoms with Crippen molar-refractivity contribution in [1.29, 1.82) is 0 Å². The Morgan fingerprint density at radius 3 is 2.48 bits per heavy atom. The molecule has 112 valence electrons. The van der Waals surface area contributed by atoms with Crippen molar-refractivity contribution in [3.8, 4) is 5.75 Å². The van der Waals surface area contributed by atoms with E-state index in [0.29, 0.717) is 11.0 Å². The molecule has 2 aromatic rings. The minimum atomic E-state index is -0.242. The predicted molar refractivity (Wildman–Crippen MR) is 88.4 cm³/mol. The van der Waals surface area contributed by atoms with Gasteiger partial charge in [-0.1, -0.05) is 12.1 Å². The number of benzene rings is 2. The van der Waals surface area contributed by atoms with Crippen LogP contribution in [0.3, 0.4) is 0 Å². The number of hydrogen-bond donors (Lipinski definition) is 1. The monoisotopic (exact) mass is 351 g/mol. The first kappa shape index (κ1) is 15.8. The van der Waals surface area contributed by atoms with Gasteiger partial charge in [-0.3, -0.25) is 0 Å². The summed E-state index contributed by atoms with van der Waals surface area (Å²) in [6, 6.07) is 11.3. The van der Waals surface area contributed by atoms with E-state index in [1.54, 1.807) is 6.07 Å². The van der Waals surface area contributed by atoms with Crippen LogP contribution < -0.4 is 10.1 Å². The maximum atomic E-state index is 13.4. The van der Waals surface area contributed by atoms with Crippen molar-refractivity contribution in [2.75, 3.05) is 5.32 Å². The zero-order valence-electron chi connectivity index (χ0n) is 12.4. The summed E-state index contributed by atoms with van der Waals surface area (Å²) in [7, 11) is 0. The minimum absolute atomic E-state index is 0.174. The van der Waals surface area contributed by atoms with Gasteiger partial charge < -0.3 is 10.1 Å². The lowest BCUT2D eigenvalue weighted by Crippen LogP contribution is -2.06. The SMILES string of the molecule is Cc1cc(F)c(Br)cc1NCc1ccc(OC(C)C)cc1. The maximum absolute atomic E-state index is 13.4. The fourth-order valence-corrected chi connectivity index (χ4v) is 2.34. The van der Waals surface area contributed by atoms with E-state index in [-0.39, 0.29) is 11.9 Å². The fourth-order valence-electron chi connectivity index (χ4n) is 1.99. The van der Waals surface area contributed by atoms with Crippen LogP contribution in [0.2, 0.25) is 0 Å². The van der Waals surface area contributed by atoms with Crippen molar-refractivity contribution in [2.24, 2.45) is 0 Å². The Bertz CT molecular complexity index is 611. The van der Waals surface area contributed by atoms with E-state index in [9.17, 15) is 4.39 Å². The van der Waals surface area contributed by atoms with Gasteiger partial charge in [0.1, 0.15) is 11.6 Å². The molecule has 0 aliphatic rings. The van der Waals surface area contributed by atoms with Gasteiger partial charge in [-0.25, -0.2) is 4.39 Å². The summed E-state index contributed by atoms with van der Waals surface area (Å²) >= 11 is 3.21. The van der Waals surface area contributed by atoms with Crippen LogP contribution in [-0.4, -0.2) is 6.10 Å². The van der Waals surface area contributed by atoms with E-state index < -0.39 is 0 Å². The summed E-state index contributed by atoms with van der Waals surface area (Å²) in [6.45, 7) is 6.58. The zero-order chi connectivity index (χ0) is 15.4. The quantitative estimate of drug-likeness (QED) is 0.789. The summed E-state index contributed by atoms with van der Waals surface area (Å²) in [5.74, 6) is 0.627. The second-order valence-corrected chi connectivity index (χ2v) is 6.10. The molecule has 0 bridgehead atoms. The maximum Gasteiger partial charge on any atom is 0.137 e. The van der Waals surface area contributed by atoms with Crippen LogP contribution in [0.5, 0.6) is 5.75 Å². The smallest absolute Gasteiger partial charge is 0.137 e. The van der Waals surface area contributed by atoms with E-state index in [4.69, 9.17) is 4.74 Å². The number of rotatable bonds is 5. The first-order valence-electron chi connectivity index (χ1n) is 6.91. The van der Waals surface area contributed by atoms with Gasteiger partial charge in [0.2, 0.25) is 0 Å². The molecule has 4 heteroatoms. The first-order valence-corrected chi connectivity index (χ1v) is 7.70. The number of ether oxygens (including phenoxy) is 1. The molecule has 0 fully saturated rings. The van der Waals surface area contributed by atoms with Crippen molar-refractivity contribution >= 4 is 21.6 Å². The molecule has 0 atom stereocenters. The summed E-state index contributed by atoms with van der Waals surface area (Å²) in [5.41, 5.74) is 2.95. The summed E-state index contributed by atoms with van der Waals surface area (Å²) in [4.78, 5) is 0. The fraction of sp³-hybridized carbons (Fsp3) is 0.294. The lowest BCUT2D eigenvalue weighted by molar-refractivity contribution is 0.242. The van der Waals surface area contributed by atoms with Gasteiger partial charge in [0, 0.05) is 12.2 Å². The second-order valence-electron chi connectivity index (χ2n) is 5.25. The van der Waals surface area contributed by atoms with Crippen molar-refractivity contribution in [3.63, 3.8) is 0 Å². The number of hydrogen-bond acceptors (Lipinski definition) is 2. The van der Waals surface area contributed by atoms with Gasteiger partial charge in [-0.2, -0.15) is 0 Å². The van der Waals surface area contributed by atoms with Gasteiger partial charge in [-0.05, 0) is 72.1 Å².